The molecule has 546 valence electrons. The fourth-order valence-corrected chi connectivity index (χ4v) is 11.1. The van der Waals surface area contributed by atoms with E-state index in [2.05, 4.69) is 42.5 Å². The molecule has 0 bridgehead atoms. The lowest BCUT2D eigenvalue weighted by atomic mass is 9.96. The second-order valence-corrected chi connectivity index (χ2v) is 24.7. The summed E-state index contributed by atoms with van der Waals surface area (Å²) >= 11 is 0. The van der Waals surface area contributed by atoms with Gasteiger partial charge in [-0.2, -0.15) is 0 Å². The van der Waals surface area contributed by atoms with E-state index in [1.54, 1.807) is 0 Å². The summed E-state index contributed by atoms with van der Waals surface area (Å²) < 4.78 is 23.6. The van der Waals surface area contributed by atoms with Crippen LogP contribution < -0.4 is 53.6 Å². The Kier molecular flexibility index (Phi) is 31.0. The van der Waals surface area contributed by atoms with Crippen molar-refractivity contribution in [1.82, 2.24) is 57.7 Å². The van der Waals surface area contributed by atoms with E-state index in [0.29, 0.717) is 0 Å². The molecule has 4 saturated heterocycles. The summed E-state index contributed by atoms with van der Waals surface area (Å²) in [6, 6.07) is -18.6. The highest BCUT2D eigenvalue weighted by molar-refractivity contribution is 5.99. The van der Waals surface area contributed by atoms with Crippen LogP contribution in [0, 0.1) is 5.92 Å². The number of carboxylic acid groups (broad SMARTS) is 1. The topological polar surface area (TPSA) is 605 Å². The zero-order valence-electron chi connectivity index (χ0n) is 54.8. The van der Waals surface area contributed by atoms with Gasteiger partial charge in [-0.15, -0.1) is 0 Å². The van der Waals surface area contributed by atoms with Crippen molar-refractivity contribution < 1.29 is 133 Å². The van der Waals surface area contributed by atoms with E-state index in [9.17, 15) is 109 Å². The van der Waals surface area contributed by atoms with Crippen molar-refractivity contribution in [3.63, 3.8) is 0 Å². The van der Waals surface area contributed by atoms with Crippen LogP contribution in [0.5, 0.6) is 0 Å². The molecule has 0 aromatic heterocycles. The molecule has 4 heterocycles. The van der Waals surface area contributed by atoms with E-state index in [1.165, 1.54) is 13.8 Å². The normalized spacial score (nSPS) is 28.4. The number of likely N-dealkylation sites (tertiary alicyclic amines) is 2. The first-order valence-electron chi connectivity index (χ1n) is 31.3. The Bertz CT molecular complexity index is 2730. The Balaban J connectivity index is 1.63. The number of nitrogens with zero attached hydrogens (tertiary/aromatic N) is 2. The molecule has 0 saturated carbocycles. The van der Waals surface area contributed by atoms with Crippen molar-refractivity contribution in [3.05, 3.63) is 0 Å². The molecule has 0 aromatic rings. The average molecular weight is 1380 g/mol. The summed E-state index contributed by atoms with van der Waals surface area (Å²) in [5.41, 5.74) is 5.79. The third kappa shape index (κ3) is 21.5. The number of nitrogens with two attached hydrogens (primary N) is 1. The minimum atomic E-state index is -2.09. The molecule has 0 aromatic carbocycles. The number of carbonyl (C=O) groups is 12. The summed E-state index contributed by atoms with van der Waals surface area (Å²) in [5, 5.41) is 137. The predicted octanol–water partition coefficient (Wildman–Crippen LogP) is -11.7. The van der Waals surface area contributed by atoms with Crippen LogP contribution >= 0.6 is 0 Å². The van der Waals surface area contributed by atoms with Crippen LogP contribution in [0.15, 0.2) is 0 Å². The predicted molar refractivity (Wildman–Crippen MR) is 323 cm³/mol. The van der Waals surface area contributed by atoms with Gasteiger partial charge >= 0.3 is 5.97 Å². The molecule has 96 heavy (non-hydrogen) atoms. The molecule has 22 N–H and O–H groups in total. The number of aliphatic carboxylic acids is 1. The number of rotatable bonds is 32. The molecule has 11 amide bonds. The van der Waals surface area contributed by atoms with E-state index in [-0.39, 0.29) is 38.8 Å². The number of carbonyl (C=O) groups excluding carboxylic acids is 11. The van der Waals surface area contributed by atoms with E-state index < -0.39 is 249 Å². The van der Waals surface area contributed by atoms with Crippen LogP contribution in [0.2, 0.25) is 0 Å². The first-order chi connectivity index (χ1) is 44.7. The van der Waals surface area contributed by atoms with E-state index in [4.69, 9.17) is 29.8 Å². The number of aliphatic hydroxyl groups is 10. The van der Waals surface area contributed by atoms with Crippen LogP contribution in [0.4, 0.5) is 0 Å². The SMILES string of the molecule is CC(=O)N[C@H]1[C@@H](O[C@H](C)[C@H](NC(=O)[C@@H](NC(=O)[C@@H](N)[C@@H](C)O)[C@@H](C)O)C(=O)N[C@H](C(=O)N[C@@H](C(=O)N2CCC[C@H]2C(=O)N[C@H](C(=O)N2CCC[C@H]2C(=O)N[C@H](C(=O)NCC(=O)O)[C@@H](C)O)[C@@H](C)O)[C@@H](C)O)C(C)C)O[C@H](CO[C@@H]2O[C@H](CO)[C@@H](O)[C@H](O)[C@H]2NC(C)=O)[C@H](O)[C@@H]1O. The molecule has 4 rings (SSSR count). The summed E-state index contributed by atoms with van der Waals surface area (Å²) in [4.78, 5) is 163. The molecule has 0 spiro atoms. The van der Waals surface area contributed by atoms with Crippen molar-refractivity contribution in [3.8, 4) is 0 Å². The molecule has 0 aliphatic carbocycles. The van der Waals surface area contributed by atoms with Gasteiger partial charge in [-0.1, -0.05) is 13.8 Å². The van der Waals surface area contributed by atoms with Crippen molar-refractivity contribution in [2.75, 3.05) is 32.8 Å². The van der Waals surface area contributed by atoms with Gasteiger partial charge < -0.3 is 139 Å². The number of nitrogens with one attached hydrogen (secondary N) is 9. The smallest absolute Gasteiger partial charge is 0.322 e. The molecule has 39 nitrogen and oxygen atoms in total. The highest BCUT2D eigenvalue weighted by Crippen LogP contribution is 2.29. The maximum atomic E-state index is 14.9. The van der Waals surface area contributed by atoms with Gasteiger partial charge in [0.05, 0.1) is 49.8 Å². The van der Waals surface area contributed by atoms with Crippen LogP contribution in [0.1, 0.15) is 94.9 Å². The van der Waals surface area contributed by atoms with Gasteiger partial charge in [0.25, 0.3) is 0 Å². The Morgan fingerprint density at radius 3 is 1.35 bits per heavy atom. The fraction of sp³-hybridized carbons (Fsp3) is 0.789. The number of amides is 11. The Morgan fingerprint density at radius 2 is 0.906 bits per heavy atom. The van der Waals surface area contributed by atoms with Gasteiger partial charge in [0.1, 0.15) is 110 Å². The summed E-state index contributed by atoms with van der Waals surface area (Å²) in [7, 11) is 0. The number of hydrogen-bond donors (Lipinski definition) is 21. The zero-order valence-corrected chi connectivity index (χ0v) is 54.8. The van der Waals surface area contributed by atoms with Crippen molar-refractivity contribution in [2.45, 2.75) is 247 Å². The van der Waals surface area contributed by atoms with Crippen LogP contribution in [-0.2, 0) is 76.5 Å². The van der Waals surface area contributed by atoms with E-state index in [1.807, 2.05) is 5.32 Å². The summed E-state index contributed by atoms with van der Waals surface area (Å²) in [5.74, 6) is -13.8. The van der Waals surface area contributed by atoms with Crippen molar-refractivity contribution in [2.24, 2.45) is 11.7 Å². The van der Waals surface area contributed by atoms with Gasteiger partial charge in [0, 0.05) is 26.9 Å². The van der Waals surface area contributed by atoms with E-state index >= 15 is 0 Å². The Labute approximate surface area is 551 Å². The molecule has 4 aliphatic heterocycles. The van der Waals surface area contributed by atoms with Gasteiger partial charge in [-0.25, -0.2) is 0 Å². The standard InChI is InChI=1S/C57H96N12O27/c1-20(2)35(51(88)66-39(25(7)75)55(92)69-16-12-14-30(69)48(85)65-38(24(6)74)54(91)68-15-11-13-29(68)47(84)63-36(22(4)72)50(87)59-17-33(78)79)62-53(90)40(67-52(89)37(23(5)73)64-49(86)34(58)21(3)71)26(8)94-57-42(61-28(10)77)46(83)44(81)32(96-57)19-93-56-41(60-27(9)76)45(82)43(80)31(18-70)95-56/h20-26,29-32,34-46,56-57,70-75,80-83H,11-19,58H2,1-10H3,(H,59,87)(H,60,76)(H,61,77)(H,62,90)(H,63,84)(H,64,86)(H,65,85)(H,66,88)(H,67,89)(H,78,79)/t21-,22-,23-,24-,25-,26-,29+,30+,31-,32-,34+,35+,36+,37+,38+,39-,40+,41-,42-,43-,44+,45-,46-,56-,57+/m1/s1. The van der Waals surface area contributed by atoms with Crippen molar-refractivity contribution >= 4 is 70.9 Å². The lowest BCUT2D eigenvalue weighted by Gasteiger charge is -2.45. The minimum Gasteiger partial charge on any atom is -0.480 e. The summed E-state index contributed by atoms with van der Waals surface area (Å²) in [6.45, 7) is 9.05. The Morgan fingerprint density at radius 1 is 0.510 bits per heavy atom. The zero-order chi connectivity index (χ0) is 72.7. The van der Waals surface area contributed by atoms with Gasteiger partial charge in [-0.3, -0.25) is 57.5 Å². The lowest BCUT2D eigenvalue weighted by molar-refractivity contribution is -0.308. The molecule has 0 unspecified atom stereocenters. The maximum absolute atomic E-state index is 14.9. The summed E-state index contributed by atoms with van der Waals surface area (Å²) in [6.07, 6.45) is -23.8. The maximum Gasteiger partial charge on any atom is 0.322 e. The molecule has 4 fully saturated rings. The number of hydrogen-bond acceptors (Lipinski definition) is 27. The van der Waals surface area contributed by atoms with Gasteiger partial charge in [0.2, 0.25) is 65.0 Å². The first kappa shape index (κ1) is 81.5. The number of ether oxygens (including phenoxy) is 4. The third-order valence-corrected chi connectivity index (χ3v) is 16.5. The second kappa shape index (κ2) is 36.6. The third-order valence-electron chi connectivity index (χ3n) is 16.5. The molecule has 39 heteroatoms. The quantitative estimate of drug-likeness (QED) is 0.0297. The molecule has 25 atom stereocenters. The monoisotopic (exact) mass is 1380 g/mol. The molecular weight excluding hydrogens is 1280 g/mol. The highest BCUT2D eigenvalue weighted by atomic mass is 16.7. The largest absolute Gasteiger partial charge is 0.480 e. The fourth-order valence-electron chi connectivity index (χ4n) is 11.1. The first-order valence-corrected chi connectivity index (χ1v) is 31.3. The lowest BCUT2D eigenvalue weighted by Crippen LogP contribution is -2.68. The minimum absolute atomic E-state index is 0.0331. The number of carboxylic acids is 1. The van der Waals surface area contributed by atoms with E-state index in [0.717, 1.165) is 65.2 Å². The number of aliphatic hydroxyl groups excluding tert-OH is 10. The van der Waals surface area contributed by atoms with Gasteiger partial charge in [-0.05, 0) is 73.1 Å². The van der Waals surface area contributed by atoms with Crippen LogP contribution in [-0.4, -0.2) is 322 Å². The molecule has 4 aliphatic rings. The van der Waals surface area contributed by atoms with Gasteiger partial charge in [0.15, 0.2) is 12.6 Å². The Hall–Kier alpha value is -6.96. The molecular formula is C57H96N12O27. The van der Waals surface area contributed by atoms with Crippen LogP contribution in [0.3, 0.4) is 0 Å². The van der Waals surface area contributed by atoms with Crippen molar-refractivity contribution in [1.29, 1.82) is 0 Å². The highest BCUT2D eigenvalue weighted by Gasteiger charge is 2.51. The second-order valence-electron chi connectivity index (χ2n) is 24.7. The molecule has 0 radical (unpaired) electrons. The average Bonchev–Trinajstić information content (AvgIpc) is 1.86. The van der Waals surface area contributed by atoms with Crippen LogP contribution in [0.25, 0.3) is 0 Å².